The van der Waals surface area contributed by atoms with Gasteiger partial charge >= 0.3 is 11.9 Å². The number of benzene rings is 3. The maximum absolute atomic E-state index is 11.6. The quantitative estimate of drug-likeness (QED) is 0.704. The average molecular weight is 336 g/mol. The molecular weight excluding hydrogens is 316 g/mol. The summed E-state index contributed by atoms with van der Waals surface area (Å²) < 4.78 is 5.00. The second kappa shape index (κ2) is 8.64. The number of ether oxygens (including phenoxy) is 1. The number of rotatable bonds is 3. The van der Waals surface area contributed by atoms with E-state index in [4.69, 9.17) is 9.84 Å². The minimum Gasteiger partial charge on any atom is -0.478 e. The predicted molar refractivity (Wildman–Crippen MR) is 98.0 cm³/mol. The van der Waals surface area contributed by atoms with Crippen molar-refractivity contribution in [2.24, 2.45) is 0 Å². The van der Waals surface area contributed by atoms with Gasteiger partial charge in [0.2, 0.25) is 0 Å². The first kappa shape index (κ1) is 18.2. The summed E-state index contributed by atoms with van der Waals surface area (Å²) in [5.41, 5.74) is 2.05. The molecule has 1 N–H and O–H groups in total. The summed E-state index contributed by atoms with van der Waals surface area (Å²) in [4.78, 5) is 21.9. The lowest BCUT2D eigenvalue weighted by molar-refractivity contribution is 0.0528. The van der Waals surface area contributed by atoms with E-state index < -0.39 is 5.97 Å². The summed E-state index contributed by atoms with van der Waals surface area (Å²) >= 11 is 0. The van der Waals surface area contributed by atoms with E-state index in [2.05, 4.69) is 0 Å². The summed E-state index contributed by atoms with van der Waals surface area (Å²) in [6.45, 7) is 4.14. The van der Waals surface area contributed by atoms with Gasteiger partial charge < -0.3 is 9.84 Å². The third-order valence-electron chi connectivity index (χ3n) is 3.58. The number of fused-ring (bicyclic) bond motifs is 1. The average Bonchev–Trinajstić information content (AvgIpc) is 2.62. The zero-order valence-corrected chi connectivity index (χ0v) is 14.2. The Morgan fingerprint density at radius 2 is 1.56 bits per heavy atom. The molecule has 25 heavy (non-hydrogen) atoms. The van der Waals surface area contributed by atoms with Gasteiger partial charge in [0.25, 0.3) is 0 Å². The number of aryl methyl sites for hydroxylation is 1. The fourth-order valence-electron chi connectivity index (χ4n) is 2.31. The number of carboxylic acids is 1. The lowest BCUT2D eigenvalue weighted by atomic mass is 10.1. The lowest BCUT2D eigenvalue weighted by Crippen LogP contribution is -2.04. The maximum Gasteiger partial charge on any atom is 0.338 e. The number of carboxylic acid groups (broad SMARTS) is 1. The van der Waals surface area contributed by atoms with Crippen LogP contribution in [0.5, 0.6) is 0 Å². The summed E-state index contributed by atoms with van der Waals surface area (Å²) in [5.74, 6) is -1.13. The van der Waals surface area contributed by atoms with Gasteiger partial charge in [-0.15, -0.1) is 0 Å². The zero-order chi connectivity index (χ0) is 18.2. The van der Waals surface area contributed by atoms with Crippen molar-refractivity contribution in [3.8, 4) is 0 Å². The van der Waals surface area contributed by atoms with Gasteiger partial charge in [-0.2, -0.15) is 0 Å². The van der Waals surface area contributed by atoms with E-state index in [0.29, 0.717) is 17.7 Å². The van der Waals surface area contributed by atoms with Crippen LogP contribution in [0.25, 0.3) is 10.8 Å². The molecule has 0 unspecified atom stereocenters. The second-order valence-electron chi connectivity index (χ2n) is 5.42. The van der Waals surface area contributed by atoms with Crippen molar-refractivity contribution in [2.75, 3.05) is 6.61 Å². The van der Waals surface area contributed by atoms with E-state index >= 15 is 0 Å². The number of esters is 1. The molecule has 0 amide bonds. The number of carbonyl (C=O) groups excluding carboxylic acids is 1. The fourth-order valence-corrected chi connectivity index (χ4v) is 2.31. The van der Waals surface area contributed by atoms with Crippen LogP contribution in [0.15, 0.2) is 66.7 Å². The van der Waals surface area contributed by atoms with Gasteiger partial charge in [0.1, 0.15) is 0 Å². The molecule has 0 saturated carbocycles. The van der Waals surface area contributed by atoms with Crippen LogP contribution in [-0.4, -0.2) is 23.7 Å². The molecule has 0 spiro atoms. The molecular formula is C21H20O4. The Bertz CT molecular complexity index is 861. The smallest absolute Gasteiger partial charge is 0.338 e. The Morgan fingerprint density at radius 3 is 2.20 bits per heavy atom. The number of hydrogen-bond donors (Lipinski definition) is 1. The van der Waals surface area contributed by atoms with Crippen molar-refractivity contribution in [3.05, 3.63) is 83.4 Å². The molecule has 0 saturated heterocycles. The van der Waals surface area contributed by atoms with Crippen LogP contribution in [0.4, 0.5) is 0 Å². The standard InChI is InChI=1S/C13H12O2.C8H8O2/c1-2-15-13(14)12-9-5-7-10-6-3-4-8-11(10)12;1-6-2-4-7(5-3-6)8(9)10/h3-9H,2H2,1H3;2-5H,1H3,(H,9,10). The monoisotopic (exact) mass is 336 g/mol. The van der Waals surface area contributed by atoms with Crippen LogP contribution < -0.4 is 0 Å². The van der Waals surface area contributed by atoms with Crippen molar-refractivity contribution < 1.29 is 19.4 Å². The highest BCUT2D eigenvalue weighted by atomic mass is 16.5. The van der Waals surface area contributed by atoms with Gasteiger partial charge in [-0.3, -0.25) is 0 Å². The lowest BCUT2D eigenvalue weighted by Gasteiger charge is -2.05. The van der Waals surface area contributed by atoms with Crippen LogP contribution in [0.3, 0.4) is 0 Å². The number of hydrogen-bond acceptors (Lipinski definition) is 3. The maximum atomic E-state index is 11.6. The van der Waals surface area contributed by atoms with Crippen molar-refractivity contribution >= 4 is 22.7 Å². The van der Waals surface area contributed by atoms with Crippen LogP contribution in [-0.2, 0) is 4.74 Å². The first-order valence-corrected chi connectivity index (χ1v) is 7.97. The largest absolute Gasteiger partial charge is 0.478 e. The first-order chi connectivity index (χ1) is 12.0. The van der Waals surface area contributed by atoms with Gasteiger partial charge in [-0.25, -0.2) is 9.59 Å². The molecule has 0 aliphatic rings. The van der Waals surface area contributed by atoms with Gasteiger partial charge in [0, 0.05) is 0 Å². The van der Waals surface area contributed by atoms with Gasteiger partial charge in [0.15, 0.2) is 0 Å². The van der Waals surface area contributed by atoms with E-state index in [1.54, 1.807) is 30.3 Å². The summed E-state index contributed by atoms with van der Waals surface area (Å²) in [6, 6.07) is 20.2. The highest BCUT2D eigenvalue weighted by molar-refractivity contribution is 6.04. The summed E-state index contributed by atoms with van der Waals surface area (Å²) in [5, 5.41) is 10.5. The molecule has 0 fully saturated rings. The molecule has 0 aliphatic carbocycles. The molecule has 0 radical (unpaired) electrons. The van der Waals surface area contributed by atoms with Crippen LogP contribution in [0, 0.1) is 6.92 Å². The number of carbonyl (C=O) groups is 2. The van der Waals surface area contributed by atoms with E-state index in [1.807, 2.05) is 50.2 Å². The molecule has 0 atom stereocenters. The Kier molecular flexibility index (Phi) is 6.29. The van der Waals surface area contributed by atoms with E-state index in [9.17, 15) is 9.59 Å². The predicted octanol–water partition coefficient (Wildman–Crippen LogP) is 4.71. The highest BCUT2D eigenvalue weighted by Crippen LogP contribution is 2.19. The molecule has 0 bridgehead atoms. The topological polar surface area (TPSA) is 63.6 Å². The molecule has 3 rings (SSSR count). The third kappa shape index (κ3) is 4.91. The molecule has 0 aliphatic heterocycles. The van der Waals surface area contributed by atoms with Crippen molar-refractivity contribution in [1.29, 1.82) is 0 Å². The molecule has 0 aromatic heterocycles. The van der Waals surface area contributed by atoms with Crippen LogP contribution >= 0.6 is 0 Å². The SMILES string of the molecule is CCOC(=O)c1cccc2ccccc12.Cc1ccc(C(=O)O)cc1. The Hall–Kier alpha value is -3.14. The van der Waals surface area contributed by atoms with Crippen LogP contribution in [0.2, 0.25) is 0 Å². The Balaban J connectivity index is 0.000000196. The van der Waals surface area contributed by atoms with Gasteiger partial charge in [0.05, 0.1) is 17.7 Å². The molecule has 128 valence electrons. The van der Waals surface area contributed by atoms with Crippen molar-refractivity contribution in [1.82, 2.24) is 0 Å². The van der Waals surface area contributed by atoms with Gasteiger partial charge in [-0.05, 0) is 42.8 Å². The first-order valence-electron chi connectivity index (χ1n) is 7.97. The molecule has 3 aromatic rings. The van der Waals surface area contributed by atoms with Crippen molar-refractivity contribution in [3.63, 3.8) is 0 Å². The summed E-state index contributed by atoms with van der Waals surface area (Å²) in [7, 11) is 0. The molecule has 0 heterocycles. The van der Waals surface area contributed by atoms with Crippen molar-refractivity contribution in [2.45, 2.75) is 13.8 Å². The Labute approximate surface area is 146 Å². The van der Waals surface area contributed by atoms with E-state index in [-0.39, 0.29) is 5.97 Å². The van der Waals surface area contributed by atoms with Crippen LogP contribution in [0.1, 0.15) is 33.2 Å². The molecule has 4 heteroatoms. The van der Waals surface area contributed by atoms with Gasteiger partial charge in [-0.1, -0.05) is 54.1 Å². The zero-order valence-electron chi connectivity index (χ0n) is 14.2. The second-order valence-corrected chi connectivity index (χ2v) is 5.42. The summed E-state index contributed by atoms with van der Waals surface area (Å²) in [6.07, 6.45) is 0. The minimum absolute atomic E-state index is 0.255. The molecule has 3 aromatic carbocycles. The third-order valence-corrected chi connectivity index (χ3v) is 3.58. The highest BCUT2D eigenvalue weighted by Gasteiger charge is 2.09. The van der Waals surface area contributed by atoms with E-state index in [1.165, 1.54) is 0 Å². The number of aromatic carboxylic acids is 1. The normalized spacial score (nSPS) is 9.84. The Morgan fingerprint density at radius 1 is 0.920 bits per heavy atom. The van der Waals surface area contributed by atoms with E-state index in [0.717, 1.165) is 16.3 Å². The minimum atomic E-state index is -0.875. The molecule has 4 nitrogen and oxygen atoms in total. The fraction of sp³-hybridized carbons (Fsp3) is 0.143.